The topological polar surface area (TPSA) is 59.4 Å². The Labute approximate surface area is 152 Å². The number of hydrogen-bond donors (Lipinski definition) is 1. The molecule has 0 saturated carbocycles. The fraction of sp³-hybridized carbons (Fsp3) is 0.444. The lowest BCUT2D eigenvalue weighted by Crippen LogP contribution is -2.51. The fourth-order valence-electron chi connectivity index (χ4n) is 3.04. The van der Waals surface area contributed by atoms with E-state index in [1.807, 2.05) is 53.9 Å². The Bertz CT molecular complexity index is 716. The average Bonchev–Trinajstić information content (AvgIpc) is 3.07. The minimum absolute atomic E-state index is 0.0276. The number of nitrogens with zero attached hydrogens (tertiary/aromatic N) is 3. The molecule has 25 heavy (non-hydrogen) atoms. The van der Waals surface area contributed by atoms with Crippen molar-refractivity contribution in [2.24, 2.45) is 7.05 Å². The van der Waals surface area contributed by atoms with Crippen LogP contribution >= 0.6 is 11.8 Å². The van der Waals surface area contributed by atoms with Gasteiger partial charge in [0, 0.05) is 44.0 Å². The molecular weight excluding hydrogens is 336 g/mol. The maximum Gasteiger partial charge on any atom is 0.236 e. The van der Waals surface area contributed by atoms with E-state index in [0.717, 1.165) is 29.6 Å². The van der Waals surface area contributed by atoms with Crippen molar-refractivity contribution < 1.29 is 9.53 Å². The normalized spacial score (nSPS) is 18.8. The number of piperazine rings is 1. The monoisotopic (exact) mass is 360 g/mol. The van der Waals surface area contributed by atoms with Crippen LogP contribution in [0.3, 0.4) is 0 Å². The van der Waals surface area contributed by atoms with Crippen LogP contribution in [0.4, 0.5) is 0 Å². The van der Waals surface area contributed by atoms with Gasteiger partial charge in [-0.05, 0) is 31.2 Å². The van der Waals surface area contributed by atoms with E-state index in [2.05, 4.69) is 10.3 Å². The highest BCUT2D eigenvalue weighted by atomic mass is 32.2. The number of nitrogens with one attached hydrogen (secondary N) is 1. The van der Waals surface area contributed by atoms with Gasteiger partial charge in [-0.3, -0.25) is 4.79 Å². The molecule has 0 spiro atoms. The van der Waals surface area contributed by atoms with Gasteiger partial charge in [0.2, 0.25) is 5.91 Å². The molecule has 6 nitrogen and oxygen atoms in total. The van der Waals surface area contributed by atoms with E-state index < -0.39 is 0 Å². The van der Waals surface area contributed by atoms with Gasteiger partial charge in [-0.15, -0.1) is 11.8 Å². The molecule has 3 rings (SSSR count). The highest BCUT2D eigenvalue weighted by molar-refractivity contribution is 8.00. The standard InChI is InChI=1S/C18H24N4O2S/c1-13(25-15-6-4-14(24-3)5-7-15)18(23)22-11-8-19-12-16(22)17-20-9-10-21(17)2/h4-7,9-10,13,16,19H,8,11-12H2,1-3H3. The molecule has 1 aromatic carbocycles. The third kappa shape index (κ3) is 3.99. The predicted molar refractivity (Wildman–Crippen MR) is 98.8 cm³/mol. The second-order valence-electron chi connectivity index (χ2n) is 6.08. The second-order valence-corrected chi connectivity index (χ2v) is 7.50. The summed E-state index contributed by atoms with van der Waals surface area (Å²) in [5, 5.41) is 3.21. The predicted octanol–water partition coefficient (Wildman–Crippen LogP) is 2.08. The van der Waals surface area contributed by atoms with Gasteiger partial charge in [0.25, 0.3) is 0 Å². The van der Waals surface area contributed by atoms with Crippen LogP contribution in [0.15, 0.2) is 41.6 Å². The van der Waals surface area contributed by atoms with E-state index in [1.165, 1.54) is 0 Å². The van der Waals surface area contributed by atoms with Gasteiger partial charge in [0.15, 0.2) is 0 Å². The molecule has 2 heterocycles. The highest BCUT2D eigenvalue weighted by Crippen LogP contribution is 2.29. The molecule has 0 aliphatic carbocycles. The van der Waals surface area contributed by atoms with Crippen LogP contribution in [0.1, 0.15) is 18.8 Å². The van der Waals surface area contributed by atoms with Crippen molar-refractivity contribution in [2.45, 2.75) is 23.1 Å². The Hall–Kier alpha value is -1.99. The van der Waals surface area contributed by atoms with Crippen LogP contribution in [-0.2, 0) is 11.8 Å². The number of carbonyl (C=O) groups is 1. The Kier molecular flexibility index (Phi) is 5.65. The van der Waals surface area contributed by atoms with E-state index >= 15 is 0 Å². The van der Waals surface area contributed by atoms with Crippen LogP contribution in [0.25, 0.3) is 0 Å². The first-order chi connectivity index (χ1) is 12.1. The summed E-state index contributed by atoms with van der Waals surface area (Å²) in [7, 11) is 3.62. The van der Waals surface area contributed by atoms with Gasteiger partial charge in [-0.2, -0.15) is 0 Å². The second kappa shape index (κ2) is 7.93. The molecule has 0 radical (unpaired) electrons. The van der Waals surface area contributed by atoms with Gasteiger partial charge in [-0.25, -0.2) is 4.98 Å². The first-order valence-electron chi connectivity index (χ1n) is 8.39. The highest BCUT2D eigenvalue weighted by Gasteiger charge is 2.32. The lowest BCUT2D eigenvalue weighted by atomic mass is 10.1. The van der Waals surface area contributed by atoms with Crippen LogP contribution in [-0.4, -0.2) is 52.4 Å². The van der Waals surface area contributed by atoms with Crippen molar-refractivity contribution in [1.82, 2.24) is 19.8 Å². The molecule has 1 aliphatic heterocycles. The summed E-state index contributed by atoms with van der Waals surface area (Å²) in [5.74, 6) is 1.89. The lowest BCUT2D eigenvalue weighted by molar-refractivity contribution is -0.133. The number of imidazole rings is 1. The number of thioether (sulfide) groups is 1. The minimum Gasteiger partial charge on any atom is -0.497 e. The molecule has 0 bridgehead atoms. The lowest BCUT2D eigenvalue weighted by Gasteiger charge is -2.37. The maximum absolute atomic E-state index is 13.1. The van der Waals surface area contributed by atoms with Crippen molar-refractivity contribution in [3.8, 4) is 5.75 Å². The number of aromatic nitrogens is 2. The van der Waals surface area contributed by atoms with Crippen molar-refractivity contribution in [3.63, 3.8) is 0 Å². The number of methoxy groups -OCH3 is 1. The van der Waals surface area contributed by atoms with Crippen LogP contribution in [0, 0.1) is 0 Å². The Balaban J connectivity index is 1.71. The zero-order valence-corrected chi connectivity index (χ0v) is 15.6. The third-order valence-corrected chi connectivity index (χ3v) is 5.50. The van der Waals surface area contributed by atoms with E-state index in [9.17, 15) is 4.79 Å². The summed E-state index contributed by atoms with van der Waals surface area (Å²) in [6.45, 7) is 4.21. The van der Waals surface area contributed by atoms with Gasteiger partial charge in [0.05, 0.1) is 12.4 Å². The molecule has 2 unspecified atom stereocenters. The summed E-state index contributed by atoms with van der Waals surface area (Å²) < 4.78 is 7.17. The fourth-order valence-corrected chi connectivity index (χ4v) is 3.98. The molecule has 1 N–H and O–H groups in total. The number of ether oxygens (including phenoxy) is 1. The Morgan fingerprint density at radius 3 is 2.80 bits per heavy atom. The van der Waals surface area contributed by atoms with E-state index in [1.54, 1.807) is 25.1 Å². The molecule has 1 fully saturated rings. The number of amides is 1. The summed E-state index contributed by atoms with van der Waals surface area (Å²) in [5.41, 5.74) is 0. The van der Waals surface area contributed by atoms with Crippen molar-refractivity contribution in [2.75, 3.05) is 26.7 Å². The molecular formula is C18H24N4O2S. The van der Waals surface area contributed by atoms with E-state index in [-0.39, 0.29) is 17.2 Å². The van der Waals surface area contributed by atoms with Gasteiger partial charge in [0.1, 0.15) is 17.6 Å². The quantitative estimate of drug-likeness (QED) is 0.828. The van der Waals surface area contributed by atoms with Crippen LogP contribution in [0.5, 0.6) is 5.75 Å². The first-order valence-corrected chi connectivity index (χ1v) is 9.27. The summed E-state index contributed by atoms with van der Waals surface area (Å²) in [4.78, 5) is 20.5. The Morgan fingerprint density at radius 1 is 1.40 bits per heavy atom. The summed E-state index contributed by atoms with van der Waals surface area (Å²) >= 11 is 1.57. The van der Waals surface area contributed by atoms with Gasteiger partial charge < -0.3 is 19.5 Å². The average molecular weight is 360 g/mol. The van der Waals surface area contributed by atoms with E-state index in [4.69, 9.17) is 4.74 Å². The SMILES string of the molecule is COc1ccc(SC(C)C(=O)N2CCNCC2c2nccn2C)cc1. The number of aryl methyl sites for hydroxylation is 1. The largest absolute Gasteiger partial charge is 0.497 e. The smallest absolute Gasteiger partial charge is 0.236 e. The zero-order chi connectivity index (χ0) is 17.8. The van der Waals surface area contributed by atoms with Crippen LogP contribution < -0.4 is 10.1 Å². The van der Waals surface area contributed by atoms with Gasteiger partial charge in [-0.1, -0.05) is 0 Å². The van der Waals surface area contributed by atoms with Crippen LogP contribution in [0.2, 0.25) is 0 Å². The zero-order valence-electron chi connectivity index (χ0n) is 14.8. The minimum atomic E-state index is -0.158. The third-order valence-electron chi connectivity index (χ3n) is 4.40. The van der Waals surface area contributed by atoms with Crippen molar-refractivity contribution >= 4 is 17.7 Å². The molecule has 1 aliphatic rings. The molecule has 2 atom stereocenters. The molecule has 1 saturated heterocycles. The maximum atomic E-state index is 13.1. The number of benzene rings is 1. The van der Waals surface area contributed by atoms with Gasteiger partial charge >= 0.3 is 0 Å². The summed E-state index contributed by atoms with van der Waals surface area (Å²) in [6.07, 6.45) is 3.70. The molecule has 134 valence electrons. The number of rotatable bonds is 5. The molecule has 7 heteroatoms. The summed E-state index contributed by atoms with van der Waals surface area (Å²) in [6, 6.07) is 7.78. The van der Waals surface area contributed by atoms with E-state index in [0.29, 0.717) is 6.54 Å². The Morgan fingerprint density at radius 2 is 2.16 bits per heavy atom. The van der Waals surface area contributed by atoms with Crippen molar-refractivity contribution in [3.05, 3.63) is 42.5 Å². The number of carbonyl (C=O) groups excluding carboxylic acids is 1. The first kappa shape index (κ1) is 17.8. The van der Waals surface area contributed by atoms with Crippen molar-refractivity contribution in [1.29, 1.82) is 0 Å². The molecule has 2 aromatic rings. The molecule has 1 amide bonds. The number of hydrogen-bond acceptors (Lipinski definition) is 5. The molecule has 1 aromatic heterocycles.